The van der Waals surface area contributed by atoms with Crippen LogP contribution in [0.15, 0.2) is 53.8 Å². The number of rotatable bonds is 2. The van der Waals surface area contributed by atoms with E-state index in [1.807, 2.05) is 29.2 Å². The summed E-state index contributed by atoms with van der Waals surface area (Å²) in [6, 6.07) is 9.93. The van der Waals surface area contributed by atoms with Crippen molar-refractivity contribution in [2.45, 2.75) is 23.8 Å². The minimum absolute atomic E-state index is 0.00649. The molecule has 1 aromatic rings. The van der Waals surface area contributed by atoms with Crippen LogP contribution in [-0.4, -0.2) is 34.4 Å². The third kappa shape index (κ3) is 1.79. The molecule has 22 heavy (non-hydrogen) atoms. The summed E-state index contributed by atoms with van der Waals surface area (Å²) in [5, 5.41) is 12.7. The maximum absolute atomic E-state index is 12.7. The fraction of sp³-hybridized carbons (Fsp3) is 0.353. The minimum Gasteiger partial charge on any atom is -0.394 e. The summed E-state index contributed by atoms with van der Waals surface area (Å²) in [7, 11) is 0. The average molecular weight is 314 g/mol. The number of carbonyl (C=O) groups excluding carboxylic acids is 1. The maximum Gasteiger partial charge on any atom is 0.323 e. The molecule has 3 aliphatic rings. The predicted octanol–water partition coefficient (Wildman–Crippen LogP) is 2.58. The third-order valence-electron chi connectivity index (χ3n) is 4.60. The highest BCUT2D eigenvalue weighted by Crippen LogP contribution is 2.56. The largest absolute Gasteiger partial charge is 0.394 e. The van der Waals surface area contributed by atoms with Crippen molar-refractivity contribution in [3.63, 3.8) is 0 Å². The highest BCUT2D eigenvalue weighted by atomic mass is 32.2. The summed E-state index contributed by atoms with van der Waals surface area (Å²) in [6.45, 7) is -0.00649. The summed E-state index contributed by atoms with van der Waals surface area (Å²) in [6.07, 6.45) is 6.05. The number of allylic oxidation sites excluding steroid dienone is 2. The minimum atomic E-state index is -0.475. The Hall–Kier alpha value is -1.72. The SMILES string of the molecule is O=C1NC2=C(CCC=C2)C2(c3ccccc3)SCC(CO)N12. The molecular weight excluding hydrogens is 296 g/mol. The van der Waals surface area contributed by atoms with Crippen LogP contribution in [0.4, 0.5) is 4.79 Å². The number of benzene rings is 1. The highest BCUT2D eigenvalue weighted by molar-refractivity contribution is 8.00. The molecule has 2 atom stereocenters. The Bertz CT molecular complexity index is 670. The number of fused-ring (bicyclic) bond motifs is 2. The number of thioether (sulfide) groups is 1. The zero-order valence-electron chi connectivity index (χ0n) is 12.2. The van der Waals surface area contributed by atoms with Crippen molar-refractivity contribution in [2.75, 3.05) is 12.4 Å². The van der Waals surface area contributed by atoms with Gasteiger partial charge in [0.05, 0.1) is 12.6 Å². The molecule has 0 radical (unpaired) electrons. The molecule has 114 valence electrons. The van der Waals surface area contributed by atoms with Gasteiger partial charge in [-0.3, -0.25) is 4.90 Å². The molecule has 5 heteroatoms. The lowest BCUT2D eigenvalue weighted by Crippen LogP contribution is -2.57. The molecule has 1 saturated heterocycles. The van der Waals surface area contributed by atoms with Gasteiger partial charge in [0, 0.05) is 11.4 Å². The standard InChI is InChI=1S/C17H18N2O2S/c20-10-13-11-22-17(12-6-2-1-3-7-12)14-8-4-5-9-15(14)18-16(21)19(13)17/h1-3,5-7,9,13,20H,4,8,10-11H2,(H,18,21). The Balaban J connectivity index is 1.95. The van der Waals surface area contributed by atoms with Gasteiger partial charge in [-0.05, 0) is 30.1 Å². The monoisotopic (exact) mass is 314 g/mol. The molecule has 2 heterocycles. The Labute approximate surface area is 133 Å². The van der Waals surface area contributed by atoms with Crippen LogP contribution in [-0.2, 0) is 4.87 Å². The number of amides is 2. The molecule has 4 rings (SSSR count). The molecule has 0 aromatic heterocycles. The van der Waals surface area contributed by atoms with E-state index >= 15 is 0 Å². The Morgan fingerprint density at radius 3 is 2.95 bits per heavy atom. The van der Waals surface area contributed by atoms with Crippen molar-refractivity contribution >= 4 is 17.8 Å². The number of nitrogens with zero attached hydrogens (tertiary/aromatic N) is 1. The summed E-state index contributed by atoms with van der Waals surface area (Å²) >= 11 is 1.76. The van der Waals surface area contributed by atoms with Crippen LogP contribution >= 0.6 is 11.8 Å². The molecule has 2 aliphatic heterocycles. The summed E-state index contributed by atoms with van der Waals surface area (Å²) < 4.78 is 0. The van der Waals surface area contributed by atoms with Crippen molar-refractivity contribution in [1.82, 2.24) is 10.2 Å². The van der Waals surface area contributed by atoms with Crippen LogP contribution in [0, 0.1) is 0 Å². The molecule has 1 aromatic carbocycles. The van der Waals surface area contributed by atoms with E-state index in [9.17, 15) is 9.90 Å². The molecule has 0 spiro atoms. The van der Waals surface area contributed by atoms with E-state index in [1.54, 1.807) is 11.8 Å². The molecule has 0 bridgehead atoms. The molecule has 4 nitrogen and oxygen atoms in total. The summed E-state index contributed by atoms with van der Waals surface area (Å²) in [5.74, 6) is 0.749. The summed E-state index contributed by atoms with van der Waals surface area (Å²) in [4.78, 5) is 14.1. The quantitative estimate of drug-likeness (QED) is 0.882. The number of hydrogen-bond donors (Lipinski definition) is 2. The second-order valence-electron chi connectivity index (χ2n) is 5.79. The Morgan fingerprint density at radius 2 is 2.18 bits per heavy atom. The van der Waals surface area contributed by atoms with Gasteiger partial charge in [-0.15, -0.1) is 11.8 Å². The van der Waals surface area contributed by atoms with Crippen LogP contribution in [0.25, 0.3) is 0 Å². The number of nitrogens with one attached hydrogen (secondary N) is 1. The van der Waals surface area contributed by atoms with E-state index in [0.717, 1.165) is 29.9 Å². The van der Waals surface area contributed by atoms with Gasteiger partial charge in [0.25, 0.3) is 0 Å². The van der Waals surface area contributed by atoms with Gasteiger partial charge in [0.1, 0.15) is 4.87 Å². The van der Waals surface area contributed by atoms with Crippen molar-refractivity contribution in [2.24, 2.45) is 0 Å². The number of aliphatic hydroxyl groups is 1. The first-order chi connectivity index (χ1) is 10.8. The summed E-state index contributed by atoms with van der Waals surface area (Å²) in [5.41, 5.74) is 3.30. The Kier molecular flexibility index (Phi) is 3.27. The first kappa shape index (κ1) is 13.9. The van der Waals surface area contributed by atoms with E-state index in [-0.39, 0.29) is 18.7 Å². The second kappa shape index (κ2) is 5.18. The average Bonchev–Trinajstić information content (AvgIpc) is 2.97. The molecule has 0 saturated carbocycles. The van der Waals surface area contributed by atoms with Gasteiger partial charge in [0.15, 0.2) is 0 Å². The van der Waals surface area contributed by atoms with E-state index in [4.69, 9.17) is 0 Å². The van der Waals surface area contributed by atoms with Crippen LogP contribution in [0.3, 0.4) is 0 Å². The molecule has 2 unspecified atom stereocenters. The van der Waals surface area contributed by atoms with E-state index < -0.39 is 4.87 Å². The number of aliphatic hydroxyl groups excluding tert-OH is 1. The normalized spacial score (nSPS) is 30.1. The van der Waals surface area contributed by atoms with Crippen molar-refractivity contribution in [3.05, 3.63) is 59.3 Å². The third-order valence-corrected chi connectivity index (χ3v) is 6.25. The highest BCUT2D eigenvalue weighted by Gasteiger charge is 2.56. The molecule has 2 N–H and O–H groups in total. The topological polar surface area (TPSA) is 52.6 Å². The van der Waals surface area contributed by atoms with Gasteiger partial charge in [-0.2, -0.15) is 0 Å². The van der Waals surface area contributed by atoms with Crippen LogP contribution < -0.4 is 5.32 Å². The van der Waals surface area contributed by atoms with Crippen LogP contribution in [0.5, 0.6) is 0 Å². The Morgan fingerprint density at radius 1 is 1.36 bits per heavy atom. The van der Waals surface area contributed by atoms with Gasteiger partial charge in [0.2, 0.25) is 0 Å². The zero-order valence-corrected chi connectivity index (χ0v) is 13.0. The fourth-order valence-electron chi connectivity index (χ4n) is 3.66. The van der Waals surface area contributed by atoms with Crippen LogP contribution in [0.2, 0.25) is 0 Å². The van der Waals surface area contributed by atoms with Crippen LogP contribution in [0.1, 0.15) is 18.4 Å². The lowest BCUT2D eigenvalue weighted by molar-refractivity contribution is 0.117. The number of carbonyl (C=O) groups is 1. The molecule has 1 fully saturated rings. The first-order valence-corrected chi connectivity index (χ1v) is 8.57. The lowest BCUT2D eigenvalue weighted by atomic mass is 9.86. The number of hydrogen-bond acceptors (Lipinski definition) is 3. The van der Waals surface area contributed by atoms with Gasteiger partial charge >= 0.3 is 6.03 Å². The second-order valence-corrected chi connectivity index (χ2v) is 7.00. The first-order valence-electron chi connectivity index (χ1n) is 7.58. The van der Waals surface area contributed by atoms with E-state index in [0.29, 0.717) is 0 Å². The molecule has 1 aliphatic carbocycles. The van der Waals surface area contributed by atoms with E-state index in [2.05, 4.69) is 23.5 Å². The smallest absolute Gasteiger partial charge is 0.323 e. The zero-order chi connectivity index (χ0) is 15.2. The van der Waals surface area contributed by atoms with Gasteiger partial charge in [-0.1, -0.05) is 36.4 Å². The van der Waals surface area contributed by atoms with Crippen molar-refractivity contribution in [3.8, 4) is 0 Å². The van der Waals surface area contributed by atoms with Gasteiger partial charge in [-0.25, -0.2) is 4.79 Å². The molecular formula is C17H18N2O2S. The van der Waals surface area contributed by atoms with Crippen molar-refractivity contribution in [1.29, 1.82) is 0 Å². The van der Waals surface area contributed by atoms with Crippen molar-refractivity contribution < 1.29 is 9.90 Å². The van der Waals surface area contributed by atoms with Gasteiger partial charge < -0.3 is 10.4 Å². The lowest BCUT2D eigenvalue weighted by Gasteiger charge is -2.46. The van der Waals surface area contributed by atoms with E-state index in [1.165, 1.54) is 5.57 Å². The number of urea groups is 1. The molecule has 2 amide bonds. The maximum atomic E-state index is 12.7. The predicted molar refractivity (Wildman–Crippen MR) is 87.2 cm³/mol. The fourth-order valence-corrected chi connectivity index (χ4v) is 5.41.